The Bertz CT molecular complexity index is 1930. The molecule has 0 spiro atoms. The Morgan fingerprint density at radius 3 is 2.27 bits per heavy atom. The van der Waals surface area contributed by atoms with Crippen LogP contribution in [0.1, 0.15) is 16.7 Å². The van der Waals surface area contributed by atoms with Crippen molar-refractivity contribution in [3.8, 4) is 11.5 Å². The Morgan fingerprint density at radius 1 is 0.773 bits per heavy atom. The first-order valence-electron chi connectivity index (χ1n) is 13.6. The summed E-state index contributed by atoms with van der Waals surface area (Å²) in [6.45, 7) is 0.619. The number of ether oxygens (including phenoxy) is 2. The number of halogens is 2. The number of barbiturate groups is 1. The first-order valence-corrected chi connectivity index (χ1v) is 14.8. The van der Waals surface area contributed by atoms with Crippen molar-refractivity contribution in [3.05, 3.63) is 141 Å². The number of benzene rings is 5. The summed E-state index contributed by atoms with van der Waals surface area (Å²) in [5.74, 6) is -0.384. The molecule has 0 aromatic heterocycles. The molecular weight excluding hydrogens is 644 g/mol. The molecule has 0 bridgehead atoms. The predicted molar refractivity (Wildman–Crippen MR) is 174 cm³/mol. The Morgan fingerprint density at radius 2 is 1.48 bits per heavy atom. The van der Waals surface area contributed by atoms with E-state index in [-0.39, 0.29) is 17.9 Å². The van der Waals surface area contributed by atoms with Crippen LogP contribution in [0.15, 0.2) is 119 Å². The summed E-state index contributed by atoms with van der Waals surface area (Å²) in [5.41, 5.74) is 2.56. The number of amides is 4. The maximum absolute atomic E-state index is 13.4. The van der Waals surface area contributed by atoms with Crippen LogP contribution in [0.2, 0.25) is 5.02 Å². The van der Waals surface area contributed by atoms with Gasteiger partial charge in [0, 0.05) is 10.6 Å². The van der Waals surface area contributed by atoms with Crippen molar-refractivity contribution < 1.29 is 23.9 Å². The lowest BCUT2D eigenvalue weighted by Gasteiger charge is -2.26. The minimum Gasteiger partial charge on any atom is -0.489 e. The molecule has 7 nitrogen and oxygen atoms in total. The van der Waals surface area contributed by atoms with Gasteiger partial charge in [0.1, 0.15) is 30.3 Å². The predicted octanol–water partition coefficient (Wildman–Crippen LogP) is 8.08. The lowest BCUT2D eigenvalue weighted by Crippen LogP contribution is -2.54. The van der Waals surface area contributed by atoms with Crippen LogP contribution in [0.4, 0.5) is 10.5 Å². The van der Waals surface area contributed by atoms with Crippen molar-refractivity contribution in [1.29, 1.82) is 0 Å². The van der Waals surface area contributed by atoms with Crippen molar-refractivity contribution in [3.63, 3.8) is 0 Å². The van der Waals surface area contributed by atoms with Gasteiger partial charge >= 0.3 is 6.03 Å². The quantitative estimate of drug-likeness (QED) is 0.134. The maximum Gasteiger partial charge on any atom is 0.335 e. The molecule has 218 valence electrons. The Kier molecular flexibility index (Phi) is 8.45. The highest BCUT2D eigenvalue weighted by Crippen LogP contribution is 2.30. The highest BCUT2D eigenvalue weighted by Gasteiger charge is 2.36. The van der Waals surface area contributed by atoms with Crippen molar-refractivity contribution in [1.82, 2.24) is 5.32 Å². The van der Waals surface area contributed by atoms with Gasteiger partial charge in [-0.15, -0.1) is 0 Å². The Hall–Kier alpha value is -4.92. The number of urea groups is 1. The standard InChI is InChI=1S/C35H24BrClN2O5/c36-30-19-22(12-17-32(30)44-20-24-9-5-8-23-6-1-3-10-28(23)24)18-29-33(40)38-35(42)39(34(29)41)26-13-15-27(16-14-26)43-21-25-7-2-4-11-31(25)37/h1-19H,20-21H2,(H,38,40,42)/b29-18+. The SMILES string of the molecule is O=C1NC(=O)N(c2ccc(OCc3ccccc3Cl)cc2)C(=O)/C1=C/c1ccc(OCc2cccc3ccccc23)c(Br)c1. The first-order chi connectivity index (χ1) is 21.4. The number of nitrogens with zero attached hydrogens (tertiary/aromatic N) is 1. The van der Waals surface area contributed by atoms with Crippen LogP contribution in [0, 0.1) is 0 Å². The van der Waals surface area contributed by atoms with Crippen molar-refractivity contribution >= 4 is 67.9 Å². The zero-order valence-electron chi connectivity index (χ0n) is 23.1. The molecule has 5 aromatic rings. The van der Waals surface area contributed by atoms with E-state index in [1.54, 1.807) is 48.5 Å². The molecule has 1 aliphatic rings. The molecule has 1 saturated heterocycles. The number of nitrogens with one attached hydrogen (secondary N) is 1. The molecule has 5 aromatic carbocycles. The second kappa shape index (κ2) is 12.8. The van der Waals surface area contributed by atoms with Crippen molar-refractivity contribution in [2.45, 2.75) is 13.2 Å². The van der Waals surface area contributed by atoms with Gasteiger partial charge in [-0.25, -0.2) is 9.69 Å². The molecule has 1 aliphatic heterocycles. The number of imide groups is 2. The van der Waals surface area contributed by atoms with Crippen LogP contribution in [-0.2, 0) is 22.8 Å². The van der Waals surface area contributed by atoms with Crippen LogP contribution in [0.25, 0.3) is 16.8 Å². The third kappa shape index (κ3) is 6.22. The maximum atomic E-state index is 13.4. The number of fused-ring (bicyclic) bond motifs is 1. The fourth-order valence-corrected chi connectivity index (χ4v) is 5.53. The van der Waals surface area contributed by atoms with E-state index in [1.165, 1.54) is 6.08 Å². The minimum atomic E-state index is -0.833. The smallest absolute Gasteiger partial charge is 0.335 e. The summed E-state index contributed by atoms with van der Waals surface area (Å²) < 4.78 is 12.5. The average Bonchev–Trinajstić information content (AvgIpc) is 3.03. The largest absolute Gasteiger partial charge is 0.489 e. The highest BCUT2D eigenvalue weighted by molar-refractivity contribution is 9.10. The average molecular weight is 668 g/mol. The number of rotatable bonds is 8. The molecular formula is C35H24BrClN2O5. The Balaban J connectivity index is 1.16. The summed E-state index contributed by atoms with van der Waals surface area (Å²) in [6, 6.07) is 32.4. The molecule has 1 heterocycles. The Labute approximate surface area is 266 Å². The van der Waals surface area contributed by atoms with Gasteiger partial charge in [0.25, 0.3) is 11.8 Å². The molecule has 0 radical (unpaired) electrons. The van der Waals surface area contributed by atoms with E-state index in [9.17, 15) is 14.4 Å². The third-order valence-corrected chi connectivity index (χ3v) is 8.07. The van der Waals surface area contributed by atoms with Gasteiger partial charge in [0.15, 0.2) is 0 Å². The van der Waals surface area contributed by atoms with E-state index in [1.807, 2.05) is 42.5 Å². The lowest BCUT2D eigenvalue weighted by atomic mass is 10.1. The van der Waals surface area contributed by atoms with Gasteiger partial charge in [-0.1, -0.05) is 78.3 Å². The molecule has 0 saturated carbocycles. The molecule has 4 amide bonds. The number of carbonyl (C=O) groups is 3. The highest BCUT2D eigenvalue weighted by atomic mass is 79.9. The monoisotopic (exact) mass is 666 g/mol. The lowest BCUT2D eigenvalue weighted by molar-refractivity contribution is -0.122. The van der Waals surface area contributed by atoms with Crippen LogP contribution in [-0.4, -0.2) is 17.8 Å². The third-order valence-electron chi connectivity index (χ3n) is 7.08. The van der Waals surface area contributed by atoms with Crippen molar-refractivity contribution in [2.24, 2.45) is 0 Å². The van der Waals surface area contributed by atoms with E-state index in [0.717, 1.165) is 26.8 Å². The van der Waals surface area contributed by atoms with E-state index in [4.69, 9.17) is 21.1 Å². The van der Waals surface area contributed by atoms with Crippen LogP contribution in [0.5, 0.6) is 11.5 Å². The van der Waals surface area contributed by atoms with E-state index < -0.39 is 17.8 Å². The number of hydrogen-bond donors (Lipinski definition) is 1. The summed E-state index contributed by atoms with van der Waals surface area (Å²) in [5, 5.41) is 5.10. The summed E-state index contributed by atoms with van der Waals surface area (Å²) in [6.07, 6.45) is 1.44. The number of carbonyl (C=O) groups excluding carboxylic acids is 3. The second-order valence-electron chi connectivity index (χ2n) is 9.95. The van der Waals surface area contributed by atoms with Gasteiger partial charge in [0.05, 0.1) is 10.2 Å². The zero-order chi connectivity index (χ0) is 30.6. The molecule has 1 fully saturated rings. The van der Waals surface area contributed by atoms with Gasteiger partial charge in [-0.3, -0.25) is 14.9 Å². The summed E-state index contributed by atoms with van der Waals surface area (Å²) >= 11 is 9.73. The number of anilines is 1. The molecule has 44 heavy (non-hydrogen) atoms. The molecule has 0 atom stereocenters. The topological polar surface area (TPSA) is 84.9 Å². The molecule has 0 unspecified atom stereocenters. The van der Waals surface area contributed by atoms with Gasteiger partial charge in [-0.05, 0) is 86.4 Å². The fourth-order valence-electron chi connectivity index (χ4n) is 4.82. The molecule has 9 heteroatoms. The van der Waals surface area contributed by atoms with Crippen LogP contribution < -0.4 is 19.7 Å². The fraction of sp³-hybridized carbons (Fsp3) is 0.0571. The summed E-state index contributed by atoms with van der Waals surface area (Å²) in [4.78, 5) is 39.7. The number of hydrogen-bond acceptors (Lipinski definition) is 5. The van der Waals surface area contributed by atoms with E-state index >= 15 is 0 Å². The van der Waals surface area contributed by atoms with Crippen LogP contribution in [0.3, 0.4) is 0 Å². The molecule has 6 rings (SSSR count). The van der Waals surface area contributed by atoms with E-state index in [2.05, 4.69) is 39.4 Å². The van der Waals surface area contributed by atoms with Gasteiger partial charge in [0.2, 0.25) is 0 Å². The van der Waals surface area contributed by atoms with E-state index in [0.29, 0.717) is 33.2 Å². The van der Waals surface area contributed by atoms with Gasteiger partial charge in [-0.2, -0.15) is 0 Å². The zero-order valence-corrected chi connectivity index (χ0v) is 25.5. The normalized spacial score (nSPS) is 14.2. The molecule has 0 aliphatic carbocycles. The van der Waals surface area contributed by atoms with Crippen LogP contribution >= 0.6 is 27.5 Å². The molecule has 1 N–H and O–H groups in total. The van der Waals surface area contributed by atoms with Crippen molar-refractivity contribution in [2.75, 3.05) is 4.90 Å². The first kappa shape index (κ1) is 29.2. The second-order valence-corrected chi connectivity index (χ2v) is 11.2. The van der Waals surface area contributed by atoms with Gasteiger partial charge < -0.3 is 9.47 Å². The minimum absolute atomic E-state index is 0.181. The summed E-state index contributed by atoms with van der Waals surface area (Å²) in [7, 11) is 0.